The van der Waals surface area contributed by atoms with Gasteiger partial charge in [-0.1, -0.05) is 60.7 Å². The van der Waals surface area contributed by atoms with Crippen molar-refractivity contribution in [2.24, 2.45) is 11.8 Å². The zero-order valence-electron chi connectivity index (χ0n) is 13.0. The normalized spacial score (nSPS) is 13.1. The molecule has 0 radical (unpaired) electrons. The van der Waals surface area contributed by atoms with E-state index in [0.29, 0.717) is 12.8 Å². The summed E-state index contributed by atoms with van der Waals surface area (Å²) in [6.07, 6.45) is 0.639. The number of rotatable bonds is 7. The molecule has 0 spiro atoms. The number of carboxylic acids is 1. The van der Waals surface area contributed by atoms with E-state index in [4.69, 9.17) is 4.74 Å². The maximum Gasteiger partial charge on any atom is 0.309 e. The molecule has 0 bridgehead atoms. The quantitative estimate of drug-likeness (QED) is 0.798. The van der Waals surface area contributed by atoms with Crippen LogP contribution in [0.1, 0.15) is 11.1 Å². The number of ether oxygens (including phenoxy) is 1. The van der Waals surface area contributed by atoms with Crippen LogP contribution in [0.25, 0.3) is 0 Å². The Morgan fingerprint density at radius 3 is 1.70 bits per heavy atom. The number of methoxy groups -OCH3 is 1. The van der Waals surface area contributed by atoms with Gasteiger partial charge in [0.25, 0.3) is 0 Å². The summed E-state index contributed by atoms with van der Waals surface area (Å²) >= 11 is 0. The molecule has 0 unspecified atom stereocenters. The third-order valence-electron chi connectivity index (χ3n) is 3.90. The van der Waals surface area contributed by atoms with Crippen LogP contribution in [0.3, 0.4) is 0 Å². The van der Waals surface area contributed by atoms with Crippen LogP contribution in [0.2, 0.25) is 0 Å². The molecule has 2 aromatic rings. The molecule has 0 fully saturated rings. The molecular weight excluding hydrogens is 292 g/mol. The predicted octanol–water partition coefficient (Wildman–Crippen LogP) is 2.96. The van der Waals surface area contributed by atoms with E-state index < -0.39 is 23.8 Å². The van der Waals surface area contributed by atoms with Gasteiger partial charge in [0.15, 0.2) is 0 Å². The minimum Gasteiger partial charge on any atom is -0.481 e. The van der Waals surface area contributed by atoms with Crippen molar-refractivity contribution < 1.29 is 19.4 Å². The van der Waals surface area contributed by atoms with Gasteiger partial charge in [-0.15, -0.1) is 0 Å². The van der Waals surface area contributed by atoms with Gasteiger partial charge in [0.1, 0.15) is 0 Å². The zero-order valence-corrected chi connectivity index (χ0v) is 13.0. The number of carbonyl (C=O) groups is 2. The number of carboxylic acid groups (broad SMARTS) is 1. The van der Waals surface area contributed by atoms with Crippen molar-refractivity contribution in [3.8, 4) is 0 Å². The van der Waals surface area contributed by atoms with Crippen LogP contribution in [-0.2, 0) is 27.2 Å². The Hall–Kier alpha value is -2.62. The van der Waals surface area contributed by atoms with E-state index in [1.807, 2.05) is 60.7 Å². The van der Waals surface area contributed by atoms with Crippen molar-refractivity contribution in [2.75, 3.05) is 7.11 Å². The molecule has 0 saturated carbocycles. The molecule has 4 nitrogen and oxygen atoms in total. The van der Waals surface area contributed by atoms with Gasteiger partial charge in [0.2, 0.25) is 0 Å². The summed E-state index contributed by atoms with van der Waals surface area (Å²) in [5, 5.41) is 9.62. The van der Waals surface area contributed by atoms with Gasteiger partial charge in [-0.05, 0) is 24.0 Å². The molecule has 1 N–H and O–H groups in total. The lowest BCUT2D eigenvalue weighted by Gasteiger charge is -2.22. The van der Waals surface area contributed by atoms with Gasteiger partial charge < -0.3 is 9.84 Å². The summed E-state index contributed by atoms with van der Waals surface area (Å²) in [6.45, 7) is 0. The minimum absolute atomic E-state index is 0.294. The topological polar surface area (TPSA) is 63.6 Å². The summed E-state index contributed by atoms with van der Waals surface area (Å²) < 4.78 is 4.85. The first-order chi connectivity index (χ1) is 11.1. The second kappa shape index (κ2) is 8.13. The highest BCUT2D eigenvalue weighted by Gasteiger charge is 2.34. The summed E-state index contributed by atoms with van der Waals surface area (Å²) in [5.74, 6) is -3.03. The van der Waals surface area contributed by atoms with E-state index in [0.717, 1.165) is 11.1 Å². The van der Waals surface area contributed by atoms with Crippen LogP contribution >= 0.6 is 0 Å². The number of hydrogen-bond donors (Lipinski definition) is 1. The highest BCUT2D eigenvalue weighted by atomic mass is 16.5. The van der Waals surface area contributed by atoms with Crippen LogP contribution in [0, 0.1) is 11.8 Å². The molecule has 2 atom stereocenters. The third kappa shape index (κ3) is 4.68. The number of aliphatic carboxylic acids is 1. The standard InChI is InChI=1S/C19H20O4/c1-23-19(22)17(13-15-10-6-3-7-11-15)16(18(20)21)12-14-8-4-2-5-9-14/h2-11,16-17H,12-13H2,1H3,(H,20,21)/t16-,17-/m1/s1. The van der Waals surface area contributed by atoms with Crippen LogP contribution in [-0.4, -0.2) is 24.2 Å². The molecule has 0 aromatic heterocycles. The van der Waals surface area contributed by atoms with Crippen molar-refractivity contribution in [3.05, 3.63) is 71.8 Å². The van der Waals surface area contributed by atoms with Crippen molar-refractivity contribution in [2.45, 2.75) is 12.8 Å². The van der Waals surface area contributed by atoms with Crippen molar-refractivity contribution in [1.82, 2.24) is 0 Å². The van der Waals surface area contributed by atoms with Gasteiger partial charge in [-0.2, -0.15) is 0 Å². The average molecular weight is 312 g/mol. The molecule has 120 valence electrons. The van der Waals surface area contributed by atoms with Gasteiger partial charge in [-0.3, -0.25) is 9.59 Å². The maximum atomic E-state index is 12.2. The second-order valence-corrected chi connectivity index (χ2v) is 5.45. The SMILES string of the molecule is COC(=O)[C@H](Cc1ccccc1)[C@@H](Cc1ccccc1)C(=O)O. The number of esters is 1. The van der Waals surface area contributed by atoms with Crippen LogP contribution in [0.4, 0.5) is 0 Å². The van der Waals surface area contributed by atoms with E-state index in [1.54, 1.807) is 0 Å². The average Bonchev–Trinajstić information content (AvgIpc) is 2.59. The highest BCUT2D eigenvalue weighted by molar-refractivity contribution is 5.81. The Labute approximate surface area is 135 Å². The van der Waals surface area contributed by atoms with Gasteiger partial charge in [0.05, 0.1) is 18.9 Å². The Kier molecular flexibility index (Phi) is 5.92. The summed E-state index contributed by atoms with van der Waals surface area (Å²) in [5.41, 5.74) is 1.81. The fourth-order valence-corrected chi connectivity index (χ4v) is 2.68. The maximum absolute atomic E-state index is 12.2. The Morgan fingerprint density at radius 2 is 1.30 bits per heavy atom. The molecule has 0 heterocycles. The van der Waals surface area contributed by atoms with Gasteiger partial charge in [-0.25, -0.2) is 0 Å². The van der Waals surface area contributed by atoms with E-state index in [2.05, 4.69) is 0 Å². The second-order valence-electron chi connectivity index (χ2n) is 5.45. The molecular formula is C19H20O4. The Balaban J connectivity index is 2.26. The monoisotopic (exact) mass is 312 g/mol. The summed E-state index contributed by atoms with van der Waals surface area (Å²) in [6, 6.07) is 18.7. The minimum atomic E-state index is -0.986. The smallest absolute Gasteiger partial charge is 0.309 e. The number of carbonyl (C=O) groups excluding carboxylic acids is 1. The van der Waals surface area contributed by atoms with Crippen molar-refractivity contribution >= 4 is 11.9 Å². The predicted molar refractivity (Wildman–Crippen MR) is 86.9 cm³/mol. The third-order valence-corrected chi connectivity index (χ3v) is 3.90. The summed E-state index contributed by atoms with van der Waals surface area (Å²) in [7, 11) is 1.29. The highest BCUT2D eigenvalue weighted by Crippen LogP contribution is 2.24. The molecule has 0 amide bonds. The van der Waals surface area contributed by atoms with E-state index in [-0.39, 0.29) is 0 Å². The molecule has 0 aliphatic rings. The van der Waals surface area contributed by atoms with Gasteiger partial charge in [0, 0.05) is 0 Å². The first kappa shape index (κ1) is 16.7. The number of hydrogen-bond acceptors (Lipinski definition) is 3. The van der Waals surface area contributed by atoms with Crippen LogP contribution < -0.4 is 0 Å². The van der Waals surface area contributed by atoms with Gasteiger partial charge >= 0.3 is 11.9 Å². The van der Waals surface area contributed by atoms with Crippen molar-refractivity contribution in [1.29, 1.82) is 0 Å². The lowest BCUT2D eigenvalue weighted by molar-refractivity contribution is -0.155. The lowest BCUT2D eigenvalue weighted by atomic mass is 9.82. The Morgan fingerprint density at radius 1 is 0.870 bits per heavy atom. The van der Waals surface area contributed by atoms with Crippen molar-refractivity contribution in [3.63, 3.8) is 0 Å². The zero-order chi connectivity index (χ0) is 16.7. The van der Waals surface area contributed by atoms with E-state index >= 15 is 0 Å². The fourth-order valence-electron chi connectivity index (χ4n) is 2.68. The molecule has 0 aliphatic carbocycles. The molecule has 4 heteroatoms. The molecule has 0 aliphatic heterocycles. The Bertz CT molecular complexity index is 637. The first-order valence-electron chi connectivity index (χ1n) is 7.50. The first-order valence-corrected chi connectivity index (χ1v) is 7.50. The van der Waals surface area contributed by atoms with Crippen LogP contribution in [0.15, 0.2) is 60.7 Å². The molecule has 0 saturated heterocycles. The molecule has 2 aromatic carbocycles. The lowest BCUT2D eigenvalue weighted by Crippen LogP contribution is -2.34. The largest absolute Gasteiger partial charge is 0.481 e. The van der Waals surface area contributed by atoms with E-state index in [9.17, 15) is 14.7 Å². The summed E-state index contributed by atoms with van der Waals surface area (Å²) in [4.78, 5) is 23.9. The molecule has 23 heavy (non-hydrogen) atoms. The number of benzene rings is 2. The van der Waals surface area contributed by atoms with Crippen LogP contribution in [0.5, 0.6) is 0 Å². The fraction of sp³-hybridized carbons (Fsp3) is 0.263. The van der Waals surface area contributed by atoms with E-state index in [1.165, 1.54) is 7.11 Å². The molecule has 2 rings (SSSR count).